The number of ether oxygens (including phenoxy) is 1. The Kier molecular flexibility index (Phi) is 7.00. The van der Waals surface area contributed by atoms with Gasteiger partial charge in [0.05, 0.1) is 25.0 Å². The summed E-state index contributed by atoms with van der Waals surface area (Å²) in [6.07, 6.45) is 2.08. The van der Waals surface area contributed by atoms with Gasteiger partial charge in [-0.25, -0.2) is 26.9 Å². The van der Waals surface area contributed by atoms with Crippen molar-refractivity contribution in [2.75, 3.05) is 17.8 Å². The van der Waals surface area contributed by atoms with Crippen molar-refractivity contribution in [2.45, 2.75) is 31.8 Å². The lowest BCUT2D eigenvalue weighted by Gasteiger charge is -2.39. The van der Waals surface area contributed by atoms with Crippen LogP contribution in [-0.2, 0) is 17.1 Å². The zero-order chi connectivity index (χ0) is 28.8. The molecule has 1 fully saturated rings. The van der Waals surface area contributed by atoms with Crippen LogP contribution in [0.1, 0.15) is 27.0 Å². The lowest BCUT2D eigenvalue weighted by molar-refractivity contribution is 0.0159. The van der Waals surface area contributed by atoms with E-state index < -0.39 is 33.7 Å². The molecule has 0 radical (unpaired) electrons. The van der Waals surface area contributed by atoms with Crippen molar-refractivity contribution in [3.63, 3.8) is 0 Å². The molecule has 5 rings (SSSR count). The van der Waals surface area contributed by atoms with E-state index >= 15 is 0 Å². The number of rotatable bonds is 7. The van der Waals surface area contributed by atoms with Gasteiger partial charge in [-0.1, -0.05) is 18.2 Å². The molecule has 3 heterocycles. The molecule has 2 aromatic heterocycles. The first-order chi connectivity index (χ1) is 18.9. The molecule has 2 aromatic carbocycles. The predicted octanol–water partition coefficient (Wildman–Crippen LogP) is 3.78. The van der Waals surface area contributed by atoms with E-state index in [4.69, 9.17) is 4.74 Å². The minimum Gasteiger partial charge on any atom is -0.470 e. The number of anilines is 1. The maximum Gasteiger partial charge on any atom is 0.267 e. The van der Waals surface area contributed by atoms with E-state index in [9.17, 15) is 22.0 Å². The number of amides is 1. The highest BCUT2D eigenvalue weighted by Gasteiger charge is 2.34. The van der Waals surface area contributed by atoms with Gasteiger partial charge in [0.2, 0.25) is 11.8 Å². The summed E-state index contributed by atoms with van der Waals surface area (Å²) in [7, 11) is -2.44. The van der Waals surface area contributed by atoms with Crippen LogP contribution in [0.2, 0.25) is 0 Å². The van der Waals surface area contributed by atoms with E-state index in [0.29, 0.717) is 5.69 Å². The Balaban J connectivity index is 1.41. The standard InChI is InChI=1S/C27H26F2N6O4S/c1-15-6-5-7-16(2)25(15)23-10-24(32-27(31-23)33-40(37,38)20-11-30-34(4)14-20)39-19-12-35(13-19)26(36)21-8-18(28)9-22(29)17(21)3/h5-11,14,19H,12-13H2,1-4H3,(H,31,32,33). The molecule has 0 aliphatic carbocycles. The Morgan fingerprint density at radius 1 is 1.07 bits per heavy atom. The van der Waals surface area contributed by atoms with Gasteiger partial charge in [-0.05, 0) is 43.5 Å². The minimum atomic E-state index is -4.04. The molecular weight excluding hydrogens is 542 g/mol. The van der Waals surface area contributed by atoms with Crippen molar-refractivity contribution in [1.82, 2.24) is 24.6 Å². The molecule has 1 aliphatic rings. The number of benzene rings is 2. The van der Waals surface area contributed by atoms with Gasteiger partial charge in [0.1, 0.15) is 22.6 Å². The second kappa shape index (κ2) is 10.3. The predicted molar refractivity (Wildman–Crippen MR) is 142 cm³/mol. The normalized spacial score (nSPS) is 13.7. The number of carbonyl (C=O) groups is 1. The van der Waals surface area contributed by atoms with E-state index in [1.54, 1.807) is 13.1 Å². The Morgan fingerprint density at radius 3 is 2.42 bits per heavy atom. The SMILES string of the molecule is Cc1cccc(C)c1-c1cc(OC2CN(C(=O)c3cc(F)cc(F)c3C)C2)nc(NS(=O)(=O)c2cnn(C)c2)n1. The van der Waals surface area contributed by atoms with Gasteiger partial charge in [0.25, 0.3) is 15.9 Å². The van der Waals surface area contributed by atoms with Crippen LogP contribution >= 0.6 is 0 Å². The number of likely N-dealkylation sites (tertiary alicyclic amines) is 1. The largest absolute Gasteiger partial charge is 0.470 e. The highest BCUT2D eigenvalue weighted by atomic mass is 32.2. The van der Waals surface area contributed by atoms with Gasteiger partial charge in [-0.2, -0.15) is 10.1 Å². The summed E-state index contributed by atoms with van der Waals surface area (Å²) in [6, 6.07) is 9.08. The van der Waals surface area contributed by atoms with Crippen molar-refractivity contribution < 1.29 is 26.7 Å². The van der Waals surface area contributed by atoms with Crippen molar-refractivity contribution in [3.8, 4) is 17.1 Å². The fourth-order valence-corrected chi connectivity index (χ4v) is 5.41. The number of aromatic nitrogens is 4. The summed E-state index contributed by atoms with van der Waals surface area (Å²) < 4.78 is 63.3. The zero-order valence-corrected chi connectivity index (χ0v) is 23.0. The molecule has 1 N–H and O–H groups in total. The quantitative estimate of drug-likeness (QED) is 0.360. The fraction of sp³-hybridized carbons (Fsp3) is 0.259. The smallest absolute Gasteiger partial charge is 0.267 e. The average Bonchev–Trinajstić information content (AvgIpc) is 3.30. The topological polar surface area (TPSA) is 119 Å². The summed E-state index contributed by atoms with van der Waals surface area (Å²) >= 11 is 0. The highest BCUT2D eigenvalue weighted by Crippen LogP contribution is 2.30. The Morgan fingerprint density at radius 2 is 1.77 bits per heavy atom. The van der Waals surface area contributed by atoms with Crippen molar-refractivity contribution in [3.05, 3.63) is 82.7 Å². The van der Waals surface area contributed by atoms with Crippen molar-refractivity contribution >= 4 is 21.9 Å². The second-order valence-corrected chi connectivity index (χ2v) is 11.3. The molecule has 4 aromatic rings. The number of nitrogens with zero attached hydrogens (tertiary/aromatic N) is 5. The first kappa shape index (κ1) is 27.2. The van der Waals surface area contributed by atoms with Crippen LogP contribution in [0.4, 0.5) is 14.7 Å². The molecule has 40 heavy (non-hydrogen) atoms. The summed E-state index contributed by atoms with van der Waals surface area (Å²) in [5.74, 6) is -2.24. The molecule has 0 atom stereocenters. The molecule has 0 saturated carbocycles. The van der Waals surface area contributed by atoms with Gasteiger partial charge in [-0.3, -0.25) is 9.48 Å². The molecule has 13 heteroatoms. The summed E-state index contributed by atoms with van der Waals surface area (Å²) in [4.78, 5) is 22.9. The third kappa shape index (κ3) is 5.37. The number of nitrogens with one attached hydrogen (secondary N) is 1. The Labute approximate surface area is 229 Å². The zero-order valence-electron chi connectivity index (χ0n) is 22.1. The summed E-state index contributed by atoms with van der Waals surface area (Å²) in [5, 5.41) is 3.90. The van der Waals surface area contributed by atoms with Gasteiger partial charge >= 0.3 is 0 Å². The molecule has 0 unspecified atom stereocenters. The second-order valence-electron chi connectivity index (χ2n) is 9.65. The average molecular weight is 569 g/mol. The monoisotopic (exact) mass is 568 g/mol. The van der Waals surface area contributed by atoms with Gasteiger partial charge < -0.3 is 9.64 Å². The number of halogens is 2. The van der Waals surface area contributed by atoms with E-state index in [1.807, 2.05) is 32.0 Å². The molecule has 208 valence electrons. The first-order valence-electron chi connectivity index (χ1n) is 12.3. The van der Waals surface area contributed by atoms with Crippen LogP contribution in [-0.4, -0.2) is 58.2 Å². The summed E-state index contributed by atoms with van der Waals surface area (Å²) in [5.41, 5.74) is 3.10. The Hall–Kier alpha value is -4.39. The number of aryl methyl sites for hydroxylation is 3. The fourth-order valence-electron chi connectivity index (χ4n) is 4.48. The third-order valence-corrected chi connectivity index (χ3v) is 7.90. The van der Waals surface area contributed by atoms with Crippen LogP contribution in [0.3, 0.4) is 0 Å². The van der Waals surface area contributed by atoms with Crippen molar-refractivity contribution in [1.29, 1.82) is 0 Å². The third-order valence-electron chi connectivity index (χ3n) is 6.62. The van der Waals surface area contributed by atoms with E-state index in [1.165, 1.54) is 28.9 Å². The molecule has 1 saturated heterocycles. The van der Waals surface area contributed by atoms with Crippen LogP contribution in [0, 0.1) is 32.4 Å². The number of hydrogen-bond donors (Lipinski definition) is 1. The molecule has 0 bridgehead atoms. The molecule has 1 amide bonds. The number of sulfonamides is 1. The Bertz CT molecular complexity index is 1710. The maximum atomic E-state index is 13.9. The van der Waals surface area contributed by atoms with Gasteiger partial charge in [0.15, 0.2) is 0 Å². The van der Waals surface area contributed by atoms with E-state index in [-0.39, 0.29) is 40.9 Å². The van der Waals surface area contributed by atoms with Crippen molar-refractivity contribution in [2.24, 2.45) is 7.05 Å². The first-order valence-corrected chi connectivity index (χ1v) is 13.8. The summed E-state index contributed by atoms with van der Waals surface area (Å²) in [6.45, 7) is 5.54. The van der Waals surface area contributed by atoms with Crippen LogP contribution < -0.4 is 9.46 Å². The molecule has 10 nitrogen and oxygen atoms in total. The lowest BCUT2D eigenvalue weighted by atomic mass is 10.00. The molecule has 1 aliphatic heterocycles. The number of hydrogen-bond acceptors (Lipinski definition) is 7. The van der Waals surface area contributed by atoms with Crippen LogP contribution in [0.15, 0.2) is 53.7 Å². The van der Waals surface area contributed by atoms with Crippen LogP contribution in [0.25, 0.3) is 11.3 Å². The number of carbonyl (C=O) groups excluding carboxylic acids is 1. The van der Waals surface area contributed by atoms with E-state index in [0.717, 1.165) is 28.8 Å². The highest BCUT2D eigenvalue weighted by molar-refractivity contribution is 7.92. The lowest BCUT2D eigenvalue weighted by Crippen LogP contribution is -2.56. The minimum absolute atomic E-state index is 0.0533. The van der Waals surface area contributed by atoms with E-state index in [2.05, 4.69) is 19.8 Å². The van der Waals surface area contributed by atoms with Gasteiger partial charge in [0, 0.05) is 36.5 Å². The van der Waals surface area contributed by atoms with Gasteiger partial charge in [-0.15, -0.1) is 0 Å². The maximum absolute atomic E-state index is 13.9. The van der Waals surface area contributed by atoms with Crippen LogP contribution in [0.5, 0.6) is 5.88 Å². The molecule has 0 spiro atoms. The molecular formula is C27H26F2N6O4S.